The molecule has 10 heteroatoms. The van der Waals surface area contributed by atoms with Crippen LogP contribution >= 0.6 is 11.6 Å². The number of benzene rings is 1. The summed E-state index contributed by atoms with van der Waals surface area (Å²) in [6, 6.07) is 11.6. The second-order valence-electron chi connectivity index (χ2n) is 6.93. The molecule has 0 atom stereocenters. The van der Waals surface area contributed by atoms with Crippen LogP contribution in [0.3, 0.4) is 0 Å². The summed E-state index contributed by atoms with van der Waals surface area (Å²) in [4.78, 5) is 25.1. The molecule has 0 aliphatic carbocycles. The number of anilines is 2. The number of aromatic nitrogens is 2. The van der Waals surface area contributed by atoms with Crippen LogP contribution in [0.5, 0.6) is 0 Å². The van der Waals surface area contributed by atoms with Crippen molar-refractivity contribution in [3.63, 3.8) is 0 Å². The van der Waals surface area contributed by atoms with Gasteiger partial charge in [0.05, 0.1) is 11.2 Å². The molecule has 154 valence electrons. The number of nitrogens with zero attached hydrogens (tertiary/aromatic N) is 4. The third-order valence-electron chi connectivity index (χ3n) is 5.02. The Balaban J connectivity index is 1.34. The summed E-state index contributed by atoms with van der Waals surface area (Å²) in [5.74, 6) is 1.06. The van der Waals surface area contributed by atoms with E-state index in [0.29, 0.717) is 43.1 Å². The van der Waals surface area contributed by atoms with Crippen LogP contribution in [-0.2, 0) is 4.79 Å². The SMILES string of the molecule is O=C(Nc1ccc(Cl)c([N+](=O)[O-])c1)C1CCN(c2ccc(-c3ccco3)nn2)CC1. The lowest BCUT2D eigenvalue weighted by atomic mass is 9.95. The fraction of sp³-hybridized carbons (Fsp3) is 0.250. The fourth-order valence-electron chi connectivity index (χ4n) is 3.40. The predicted molar refractivity (Wildman–Crippen MR) is 111 cm³/mol. The number of hydrogen-bond acceptors (Lipinski definition) is 7. The van der Waals surface area contributed by atoms with E-state index in [4.69, 9.17) is 16.0 Å². The van der Waals surface area contributed by atoms with Crippen molar-refractivity contribution >= 4 is 34.7 Å². The third kappa shape index (κ3) is 4.25. The molecular weight excluding hydrogens is 410 g/mol. The molecule has 30 heavy (non-hydrogen) atoms. The summed E-state index contributed by atoms with van der Waals surface area (Å²) < 4.78 is 5.32. The predicted octanol–water partition coefficient (Wildman–Crippen LogP) is 4.15. The highest BCUT2D eigenvalue weighted by Crippen LogP contribution is 2.29. The number of hydrogen-bond donors (Lipinski definition) is 1. The van der Waals surface area contributed by atoms with Gasteiger partial charge >= 0.3 is 0 Å². The Morgan fingerprint density at radius 2 is 2.00 bits per heavy atom. The van der Waals surface area contributed by atoms with Crippen molar-refractivity contribution in [1.82, 2.24) is 10.2 Å². The standard InChI is InChI=1S/C20H18ClN5O4/c21-15-4-3-14(12-17(15)26(28)29)22-20(27)13-7-9-25(10-8-13)19-6-5-16(23-24-19)18-2-1-11-30-18/h1-6,11-13H,7-10H2,(H,22,27). The second-order valence-corrected chi connectivity index (χ2v) is 7.34. The van der Waals surface area contributed by atoms with E-state index in [1.54, 1.807) is 18.4 Å². The Morgan fingerprint density at radius 3 is 2.63 bits per heavy atom. The maximum atomic E-state index is 12.6. The first-order valence-electron chi connectivity index (χ1n) is 9.38. The lowest BCUT2D eigenvalue weighted by molar-refractivity contribution is -0.384. The van der Waals surface area contributed by atoms with Gasteiger partial charge in [0.25, 0.3) is 5.69 Å². The van der Waals surface area contributed by atoms with E-state index in [2.05, 4.69) is 20.4 Å². The molecule has 0 unspecified atom stereocenters. The number of nitro groups is 1. The van der Waals surface area contributed by atoms with Gasteiger partial charge < -0.3 is 14.6 Å². The average Bonchev–Trinajstić information content (AvgIpc) is 3.30. The molecule has 0 radical (unpaired) electrons. The molecule has 1 aliphatic heterocycles. The molecule has 1 N–H and O–H groups in total. The topological polar surface area (TPSA) is 114 Å². The van der Waals surface area contributed by atoms with Gasteiger partial charge in [-0.1, -0.05) is 11.6 Å². The van der Waals surface area contributed by atoms with Gasteiger partial charge in [0, 0.05) is 30.8 Å². The average molecular weight is 428 g/mol. The van der Waals surface area contributed by atoms with Crippen molar-refractivity contribution in [3.05, 3.63) is 63.9 Å². The van der Waals surface area contributed by atoms with E-state index < -0.39 is 4.92 Å². The van der Waals surface area contributed by atoms with Crippen LogP contribution in [0.4, 0.5) is 17.2 Å². The van der Waals surface area contributed by atoms with Crippen molar-refractivity contribution in [2.24, 2.45) is 5.92 Å². The molecule has 3 aromatic rings. The van der Waals surface area contributed by atoms with Crippen LogP contribution in [0.2, 0.25) is 5.02 Å². The van der Waals surface area contributed by atoms with Gasteiger partial charge in [0.2, 0.25) is 5.91 Å². The van der Waals surface area contributed by atoms with Gasteiger partial charge in [-0.3, -0.25) is 14.9 Å². The summed E-state index contributed by atoms with van der Waals surface area (Å²) in [7, 11) is 0. The van der Waals surface area contributed by atoms with E-state index in [-0.39, 0.29) is 22.5 Å². The number of nitro benzene ring substituents is 1. The molecule has 1 saturated heterocycles. The minimum Gasteiger partial charge on any atom is -0.463 e. The van der Waals surface area contributed by atoms with Gasteiger partial charge in [-0.25, -0.2) is 0 Å². The first-order chi connectivity index (χ1) is 14.5. The number of rotatable bonds is 5. The smallest absolute Gasteiger partial charge is 0.289 e. The number of furan rings is 1. The first-order valence-corrected chi connectivity index (χ1v) is 9.76. The van der Waals surface area contributed by atoms with Crippen molar-refractivity contribution < 1.29 is 14.1 Å². The van der Waals surface area contributed by atoms with E-state index in [1.165, 1.54) is 12.1 Å². The van der Waals surface area contributed by atoms with Crippen LogP contribution in [0.1, 0.15) is 12.8 Å². The van der Waals surface area contributed by atoms with Crippen LogP contribution in [0, 0.1) is 16.0 Å². The molecule has 1 fully saturated rings. The Hall–Kier alpha value is -3.46. The summed E-state index contributed by atoms with van der Waals surface area (Å²) in [5.41, 5.74) is 0.786. The number of nitrogens with one attached hydrogen (secondary N) is 1. The van der Waals surface area contributed by atoms with Gasteiger partial charge in [-0.15, -0.1) is 10.2 Å². The lowest BCUT2D eigenvalue weighted by Crippen LogP contribution is -2.38. The molecule has 1 amide bonds. The number of piperidine rings is 1. The van der Waals surface area contributed by atoms with Crippen molar-refractivity contribution in [2.45, 2.75) is 12.8 Å². The molecule has 9 nitrogen and oxygen atoms in total. The quantitative estimate of drug-likeness (QED) is 0.480. The Kier molecular flexibility index (Phi) is 5.62. The molecule has 0 saturated carbocycles. The van der Waals surface area contributed by atoms with Gasteiger partial charge in [-0.2, -0.15) is 0 Å². The number of amides is 1. The van der Waals surface area contributed by atoms with Crippen molar-refractivity contribution in [3.8, 4) is 11.5 Å². The van der Waals surface area contributed by atoms with Crippen LogP contribution in [-0.4, -0.2) is 34.1 Å². The van der Waals surface area contributed by atoms with Gasteiger partial charge in [0.1, 0.15) is 10.7 Å². The Labute approximate surface area is 176 Å². The van der Waals surface area contributed by atoms with E-state index >= 15 is 0 Å². The fourth-order valence-corrected chi connectivity index (χ4v) is 3.58. The molecule has 2 aromatic heterocycles. The maximum absolute atomic E-state index is 12.6. The number of halogens is 1. The minimum absolute atomic E-state index is 0.0329. The molecule has 0 bridgehead atoms. The molecule has 1 aromatic carbocycles. The largest absolute Gasteiger partial charge is 0.463 e. The second kappa shape index (κ2) is 8.50. The molecule has 1 aliphatic rings. The Bertz CT molecular complexity index is 1050. The summed E-state index contributed by atoms with van der Waals surface area (Å²) in [5, 5.41) is 22.3. The molecule has 0 spiro atoms. The summed E-state index contributed by atoms with van der Waals surface area (Å²) in [6.07, 6.45) is 2.87. The zero-order chi connectivity index (χ0) is 21.1. The highest BCUT2D eigenvalue weighted by molar-refractivity contribution is 6.32. The zero-order valence-electron chi connectivity index (χ0n) is 15.8. The monoisotopic (exact) mass is 427 g/mol. The molecule has 3 heterocycles. The zero-order valence-corrected chi connectivity index (χ0v) is 16.6. The van der Waals surface area contributed by atoms with Crippen molar-refractivity contribution in [1.29, 1.82) is 0 Å². The summed E-state index contributed by atoms with van der Waals surface area (Å²) in [6.45, 7) is 1.32. The van der Waals surface area contributed by atoms with E-state index in [0.717, 1.165) is 5.82 Å². The normalized spacial score (nSPS) is 14.5. The molecular formula is C20H18ClN5O4. The van der Waals surface area contributed by atoms with E-state index in [9.17, 15) is 14.9 Å². The van der Waals surface area contributed by atoms with E-state index in [1.807, 2.05) is 18.2 Å². The maximum Gasteiger partial charge on any atom is 0.289 e. The van der Waals surface area contributed by atoms with Gasteiger partial charge in [-0.05, 0) is 49.2 Å². The minimum atomic E-state index is -0.575. The Morgan fingerprint density at radius 1 is 1.20 bits per heavy atom. The highest BCUT2D eigenvalue weighted by atomic mass is 35.5. The summed E-state index contributed by atoms with van der Waals surface area (Å²) >= 11 is 5.81. The number of carbonyl (C=O) groups excluding carboxylic acids is 1. The molecule has 4 rings (SSSR count). The third-order valence-corrected chi connectivity index (χ3v) is 5.34. The van der Waals surface area contributed by atoms with Crippen molar-refractivity contribution in [2.75, 3.05) is 23.3 Å². The van der Waals surface area contributed by atoms with Gasteiger partial charge in [0.15, 0.2) is 11.6 Å². The lowest BCUT2D eigenvalue weighted by Gasteiger charge is -2.31. The van der Waals surface area contributed by atoms with Crippen LogP contribution in [0.25, 0.3) is 11.5 Å². The first kappa shape index (κ1) is 19.8. The highest BCUT2D eigenvalue weighted by Gasteiger charge is 2.26. The van der Waals surface area contributed by atoms with Crippen LogP contribution in [0.15, 0.2) is 53.1 Å². The number of carbonyl (C=O) groups is 1. The van der Waals surface area contributed by atoms with Crippen LogP contribution < -0.4 is 10.2 Å².